The lowest BCUT2D eigenvalue weighted by Crippen LogP contribution is -2.40. The number of hydrogen-bond acceptors (Lipinski definition) is 2. The largest absolute Gasteiger partial charge is 0.451 e. The van der Waals surface area contributed by atoms with Crippen molar-refractivity contribution in [2.45, 2.75) is 32.1 Å². The van der Waals surface area contributed by atoms with Crippen LogP contribution in [0.2, 0.25) is 0 Å². The molecule has 1 N–H and O–H groups in total. The first-order chi connectivity index (χ1) is 10.2. The van der Waals surface area contributed by atoms with Gasteiger partial charge in [0.1, 0.15) is 5.58 Å². The van der Waals surface area contributed by atoms with Crippen LogP contribution in [0.5, 0.6) is 0 Å². The van der Waals surface area contributed by atoms with E-state index >= 15 is 0 Å². The average molecular weight is 306 g/mol. The summed E-state index contributed by atoms with van der Waals surface area (Å²) in [5, 5.41) is 3.96. The number of carbonyl (C=O) groups excluding carboxylic acids is 1. The number of carbonyl (C=O) groups is 1. The van der Waals surface area contributed by atoms with E-state index < -0.39 is 0 Å². The lowest BCUT2D eigenvalue weighted by Gasteiger charge is -2.35. The molecule has 1 aliphatic carbocycles. The summed E-state index contributed by atoms with van der Waals surface area (Å²) in [7, 11) is 0. The van der Waals surface area contributed by atoms with Crippen molar-refractivity contribution in [3.63, 3.8) is 0 Å². The molecule has 21 heavy (non-hydrogen) atoms. The number of para-hydroxylation sites is 1. The Balaban J connectivity index is 1.68. The fraction of sp³-hybridized carbons (Fsp3) is 0.471. The minimum Gasteiger partial charge on any atom is -0.451 e. The molecule has 0 aliphatic heterocycles. The predicted molar refractivity (Wildman–Crippen MR) is 84.8 cm³/mol. The van der Waals surface area contributed by atoms with Crippen LogP contribution in [-0.2, 0) is 0 Å². The topological polar surface area (TPSA) is 42.2 Å². The second kappa shape index (κ2) is 6.10. The van der Waals surface area contributed by atoms with E-state index in [2.05, 4.69) is 5.32 Å². The fourth-order valence-electron chi connectivity index (χ4n) is 3.11. The fourth-order valence-corrected chi connectivity index (χ4v) is 3.47. The third kappa shape index (κ3) is 3.08. The highest BCUT2D eigenvalue weighted by Gasteiger charge is 2.31. The number of benzene rings is 1. The van der Waals surface area contributed by atoms with Crippen molar-refractivity contribution < 1.29 is 9.21 Å². The number of hydrogen-bond donors (Lipinski definition) is 1. The van der Waals surface area contributed by atoms with E-state index in [1.54, 1.807) is 6.07 Å². The van der Waals surface area contributed by atoms with Gasteiger partial charge in [-0.1, -0.05) is 37.5 Å². The SMILES string of the molecule is O=C(NCC1(CCl)CCCCC1)c1cc2ccccc2o1. The van der Waals surface area contributed by atoms with Crippen LogP contribution in [0, 0.1) is 5.41 Å². The van der Waals surface area contributed by atoms with Crippen LogP contribution < -0.4 is 5.32 Å². The van der Waals surface area contributed by atoms with Crippen molar-refractivity contribution in [3.05, 3.63) is 36.1 Å². The molecular formula is C17H20ClNO2. The van der Waals surface area contributed by atoms with Gasteiger partial charge in [-0.15, -0.1) is 11.6 Å². The van der Waals surface area contributed by atoms with E-state index in [1.165, 1.54) is 19.3 Å². The molecule has 1 saturated carbocycles. The first kappa shape index (κ1) is 14.5. The highest BCUT2D eigenvalue weighted by atomic mass is 35.5. The van der Waals surface area contributed by atoms with Gasteiger partial charge in [-0.05, 0) is 25.0 Å². The van der Waals surface area contributed by atoms with Gasteiger partial charge < -0.3 is 9.73 Å². The second-order valence-corrected chi connectivity index (χ2v) is 6.29. The maximum absolute atomic E-state index is 12.3. The maximum atomic E-state index is 12.3. The predicted octanol–water partition coefficient (Wildman–Crippen LogP) is 4.35. The molecule has 1 heterocycles. The summed E-state index contributed by atoms with van der Waals surface area (Å²) in [4.78, 5) is 12.3. The number of amides is 1. The number of halogens is 1. The molecule has 1 fully saturated rings. The molecule has 1 aromatic carbocycles. The summed E-state index contributed by atoms with van der Waals surface area (Å²) in [5.41, 5.74) is 0.800. The first-order valence-corrected chi connectivity index (χ1v) is 8.09. The highest BCUT2D eigenvalue weighted by molar-refractivity contribution is 6.18. The van der Waals surface area contributed by atoms with Crippen molar-refractivity contribution in [3.8, 4) is 0 Å². The Morgan fingerprint density at radius 1 is 1.24 bits per heavy atom. The summed E-state index contributed by atoms with van der Waals surface area (Å²) in [6, 6.07) is 9.44. The lowest BCUT2D eigenvalue weighted by atomic mass is 9.75. The summed E-state index contributed by atoms with van der Waals surface area (Å²) < 4.78 is 5.59. The van der Waals surface area contributed by atoms with Gasteiger partial charge in [0.05, 0.1) is 0 Å². The Hall–Kier alpha value is -1.48. The van der Waals surface area contributed by atoms with Gasteiger partial charge in [-0.2, -0.15) is 0 Å². The maximum Gasteiger partial charge on any atom is 0.287 e. The van der Waals surface area contributed by atoms with Gasteiger partial charge in [0, 0.05) is 23.2 Å². The highest BCUT2D eigenvalue weighted by Crippen LogP contribution is 2.36. The summed E-state index contributed by atoms with van der Waals surface area (Å²) in [6.07, 6.45) is 5.87. The minimum atomic E-state index is -0.152. The molecule has 4 heteroatoms. The van der Waals surface area contributed by atoms with E-state index in [9.17, 15) is 4.79 Å². The molecule has 0 unspecified atom stereocenters. The van der Waals surface area contributed by atoms with Crippen LogP contribution >= 0.6 is 11.6 Å². The summed E-state index contributed by atoms with van der Waals surface area (Å²) in [6.45, 7) is 0.631. The van der Waals surface area contributed by atoms with Gasteiger partial charge in [0.2, 0.25) is 0 Å². The molecule has 112 valence electrons. The minimum absolute atomic E-state index is 0.0570. The first-order valence-electron chi connectivity index (χ1n) is 7.55. The van der Waals surface area contributed by atoms with Crippen molar-refractivity contribution >= 4 is 28.5 Å². The molecule has 0 bridgehead atoms. The standard InChI is InChI=1S/C17H20ClNO2/c18-11-17(8-4-1-5-9-17)12-19-16(20)15-10-13-6-2-3-7-14(13)21-15/h2-3,6-7,10H,1,4-5,8-9,11-12H2,(H,19,20). The van der Waals surface area contributed by atoms with Crippen molar-refractivity contribution in [2.75, 3.05) is 12.4 Å². The van der Waals surface area contributed by atoms with Crippen LogP contribution in [0.1, 0.15) is 42.7 Å². The van der Waals surface area contributed by atoms with E-state index in [4.69, 9.17) is 16.0 Å². The summed E-state index contributed by atoms with van der Waals surface area (Å²) >= 11 is 6.16. The van der Waals surface area contributed by atoms with Crippen molar-refractivity contribution in [2.24, 2.45) is 5.41 Å². The molecule has 0 spiro atoms. The van der Waals surface area contributed by atoms with Crippen molar-refractivity contribution in [1.29, 1.82) is 0 Å². The molecule has 1 amide bonds. The van der Waals surface area contributed by atoms with E-state index in [-0.39, 0.29) is 11.3 Å². The van der Waals surface area contributed by atoms with E-state index in [1.807, 2.05) is 24.3 Å². The van der Waals surface area contributed by atoms with E-state index in [0.29, 0.717) is 18.2 Å². The zero-order valence-electron chi connectivity index (χ0n) is 12.0. The molecule has 0 radical (unpaired) electrons. The third-order valence-electron chi connectivity index (χ3n) is 4.47. The average Bonchev–Trinajstić information content (AvgIpc) is 2.97. The molecule has 0 atom stereocenters. The smallest absolute Gasteiger partial charge is 0.287 e. The number of rotatable bonds is 4. The Morgan fingerprint density at radius 3 is 2.71 bits per heavy atom. The van der Waals surface area contributed by atoms with Crippen LogP contribution in [0.4, 0.5) is 0 Å². The Morgan fingerprint density at radius 2 is 2.00 bits per heavy atom. The van der Waals surface area contributed by atoms with Crippen LogP contribution in [0.3, 0.4) is 0 Å². The number of nitrogens with one attached hydrogen (secondary N) is 1. The lowest BCUT2D eigenvalue weighted by molar-refractivity contribution is 0.0895. The molecule has 3 rings (SSSR count). The van der Waals surface area contributed by atoms with Crippen molar-refractivity contribution in [1.82, 2.24) is 5.32 Å². The van der Waals surface area contributed by atoms with Gasteiger partial charge in [0.15, 0.2) is 5.76 Å². The normalized spacial score (nSPS) is 17.8. The molecule has 3 nitrogen and oxygen atoms in total. The third-order valence-corrected chi connectivity index (χ3v) is 5.04. The zero-order chi connectivity index (χ0) is 14.7. The van der Waals surface area contributed by atoms with Crippen LogP contribution in [0.25, 0.3) is 11.0 Å². The Bertz CT molecular complexity index is 596. The van der Waals surface area contributed by atoms with Gasteiger partial charge in [-0.3, -0.25) is 4.79 Å². The van der Waals surface area contributed by atoms with Crippen LogP contribution in [-0.4, -0.2) is 18.3 Å². The Kier molecular flexibility index (Phi) is 4.20. The molecule has 1 aromatic heterocycles. The monoisotopic (exact) mass is 305 g/mol. The summed E-state index contributed by atoms with van der Waals surface area (Å²) in [5.74, 6) is 0.825. The number of alkyl halides is 1. The number of furan rings is 1. The molecular weight excluding hydrogens is 286 g/mol. The van der Waals surface area contributed by atoms with Gasteiger partial charge >= 0.3 is 0 Å². The molecule has 0 saturated heterocycles. The van der Waals surface area contributed by atoms with Gasteiger partial charge in [-0.25, -0.2) is 0 Å². The Labute approximate surface area is 129 Å². The zero-order valence-corrected chi connectivity index (χ0v) is 12.8. The molecule has 1 aliphatic rings. The van der Waals surface area contributed by atoms with E-state index in [0.717, 1.165) is 23.8 Å². The van der Waals surface area contributed by atoms with Crippen LogP contribution in [0.15, 0.2) is 34.7 Å². The van der Waals surface area contributed by atoms with Gasteiger partial charge in [0.25, 0.3) is 5.91 Å². The quantitative estimate of drug-likeness (QED) is 0.853. The molecule has 2 aromatic rings. The number of fused-ring (bicyclic) bond motifs is 1. The second-order valence-electron chi connectivity index (χ2n) is 6.03.